The molecule has 0 saturated heterocycles. The molecular formula is C15H28O4. The summed E-state index contributed by atoms with van der Waals surface area (Å²) in [5.74, 6) is -0.478. The molecule has 1 unspecified atom stereocenters. The molecule has 0 aliphatic heterocycles. The number of esters is 2. The summed E-state index contributed by atoms with van der Waals surface area (Å²) in [6.07, 6.45) is 2.80. The van der Waals surface area contributed by atoms with Crippen LogP contribution in [0.15, 0.2) is 0 Å². The molecule has 19 heavy (non-hydrogen) atoms. The first kappa shape index (κ1) is 17.9. The van der Waals surface area contributed by atoms with Crippen molar-refractivity contribution in [3.05, 3.63) is 0 Å². The summed E-state index contributed by atoms with van der Waals surface area (Å²) in [5.41, 5.74) is -0.0608. The summed E-state index contributed by atoms with van der Waals surface area (Å²) in [6, 6.07) is 0. The van der Waals surface area contributed by atoms with Crippen LogP contribution < -0.4 is 0 Å². The minimum Gasteiger partial charge on any atom is -0.466 e. The average molecular weight is 272 g/mol. The van der Waals surface area contributed by atoms with Gasteiger partial charge in [-0.2, -0.15) is 0 Å². The van der Waals surface area contributed by atoms with Gasteiger partial charge in [-0.15, -0.1) is 0 Å². The van der Waals surface area contributed by atoms with Crippen LogP contribution in [0.25, 0.3) is 0 Å². The molecule has 0 aromatic rings. The third-order valence-corrected chi connectivity index (χ3v) is 3.05. The van der Waals surface area contributed by atoms with E-state index < -0.39 is 0 Å². The number of carbonyl (C=O) groups excluding carboxylic acids is 2. The molecule has 4 nitrogen and oxygen atoms in total. The zero-order chi connectivity index (χ0) is 14.9. The van der Waals surface area contributed by atoms with E-state index in [0.717, 1.165) is 12.8 Å². The summed E-state index contributed by atoms with van der Waals surface area (Å²) < 4.78 is 10.3. The van der Waals surface area contributed by atoms with Crippen LogP contribution in [0.4, 0.5) is 0 Å². The highest BCUT2D eigenvalue weighted by atomic mass is 16.5. The molecule has 0 aromatic carbocycles. The van der Waals surface area contributed by atoms with Crippen LogP contribution in [-0.2, 0) is 19.1 Å². The lowest BCUT2D eigenvalue weighted by Crippen LogP contribution is -2.28. The van der Waals surface area contributed by atoms with Gasteiger partial charge in [0, 0.05) is 12.8 Å². The van der Waals surface area contributed by atoms with Crippen LogP contribution >= 0.6 is 0 Å². The van der Waals surface area contributed by atoms with E-state index in [1.807, 2.05) is 34.6 Å². The van der Waals surface area contributed by atoms with Gasteiger partial charge in [-0.3, -0.25) is 9.59 Å². The summed E-state index contributed by atoms with van der Waals surface area (Å²) in [4.78, 5) is 22.9. The van der Waals surface area contributed by atoms with E-state index in [9.17, 15) is 9.59 Å². The smallest absolute Gasteiger partial charge is 0.306 e. The van der Waals surface area contributed by atoms with Gasteiger partial charge in [0.2, 0.25) is 0 Å². The fourth-order valence-electron chi connectivity index (χ4n) is 1.21. The molecule has 0 heterocycles. The van der Waals surface area contributed by atoms with Gasteiger partial charge < -0.3 is 9.47 Å². The van der Waals surface area contributed by atoms with Crippen molar-refractivity contribution in [2.24, 2.45) is 5.41 Å². The quantitative estimate of drug-likeness (QED) is 0.501. The van der Waals surface area contributed by atoms with Crippen LogP contribution in [-0.4, -0.2) is 24.6 Å². The number of hydrogen-bond donors (Lipinski definition) is 0. The number of rotatable bonds is 8. The Labute approximate surface area is 116 Å². The van der Waals surface area contributed by atoms with Crippen LogP contribution in [0.3, 0.4) is 0 Å². The minimum atomic E-state index is -0.246. The van der Waals surface area contributed by atoms with Crippen molar-refractivity contribution >= 4 is 11.9 Å². The van der Waals surface area contributed by atoms with Gasteiger partial charge in [-0.25, -0.2) is 0 Å². The number of carbonyl (C=O) groups is 2. The Hall–Kier alpha value is -1.06. The van der Waals surface area contributed by atoms with Crippen molar-refractivity contribution in [3.63, 3.8) is 0 Å². The van der Waals surface area contributed by atoms with E-state index in [1.165, 1.54) is 0 Å². The SMILES string of the molecule is CCCCOC(=O)CCCC(=O)OC(C)C(C)(C)C. The van der Waals surface area contributed by atoms with Gasteiger partial charge >= 0.3 is 11.9 Å². The molecule has 112 valence electrons. The Balaban J connectivity index is 3.72. The second-order valence-electron chi connectivity index (χ2n) is 5.93. The van der Waals surface area contributed by atoms with Crippen molar-refractivity contribution in [3.8, 4) is 0 Å². The molecule has 0 aliphatic rings. The first-order valence-corrected chi connectivity index (χ1v) is 7.12. The van der Waals surface area contributed by atoms with Crippen molar-refractivity contribution in [2.45, 2.75) is 72.8 Å². The molecule has 0 spiro atoms. The zero-order valence-corrected chi connectivity index (χ0v) is 13.0. The molecule has 0 amide bonds. The average Bonchev–Trinajstić information content (AvgIpc) is 2.28. The van der Waals surface area contributed by atoms with Crippen LogP contribution in [0.5, 0.6) is 0 Å². The highest BCUT2D eigenvalue weighted by molar-refractivity contribution is 5.72. The van der Waals surface area contributed by atoms with Crippen molar-refractivity contribution in [1.29, 1.82) is 0 Å². The third kappa shape index (κ3) is 9.51. The van der Waals surface area contributed by atoms with E-state index in [0.29, 0.717) is 13.0 Å². The van der Waals surface area contributed by atoms with E-state index in [1.54, 1.807) is 0 Å². The summed E-state index contributed by atoms with van der Waals surface area (Å²) in [6.45, 7) is 10.5. The van der Waals surface area contributed by atoms with E-state index in [4.69, 9.17) is 9.47 Å². The maximum absolute atomic E-state index is 11.6. The molecule has 0 saturated carbocycles. The minimum absolute atomic E-state index is 0.0608. The summed E-state index contributed by atoms with van der Waals surface area (Å²) in [5, 5.41) is 0. The molecule has 4 heteroatoms. The lowest BCUT2D eigenvalue weighted by Gasteiger charge is -2.26. The first-order chi connectivity index (χ1) is 8.77. The lowest BCUT2D eigenvalue weighted by molar-refractivity contribution is -0.153. The summed E-state index contributed by atoms with van der Waals surface area (Å²) >= 11 is 0. The second kappa shape index (κ2) is 8.94. The normalized spacial score (nSPS) is 12.9. The Morgan fingerprint density at radius 3 is 2.16 bits per heavy atom. The highest BCUT2D eigenvalue weighted by Crippen LogP contribution is 2.22. The maximum Gasteiger partial charge on any atom is 0.306 e. The molecular weight excluding hydrogens is 244 g/mol. The maximum atomic E-state index is 11.6. The van der Waals surface area contributed by atoms with E-state index >= 15 is 0 Å². The molecule has 0 rings (SSSR count). The van der Waals surface area contributed by atoms with Gasteiger partial charge in [-0.05, 0) is 25.2 Å². The van der Waals surface area contributed by atoms with Crippen LogP contribution in [0.2, 0.25) is 0 Å². The van der Waals surface area contributed by atoms with Crippen molar-refractivity contribution < 1.29 is 19.1 Å². The second-order valence-corrected chi connectivity index (χ2v) is 5.93. The predicted octanol–water partition coefficient (Wildman–Crippen LogP) is 3.48. The Kier molecular flexibility index (Phi) is 8.44. The van der Waals surface area contributed by atoms with E-state index in [-0.39, 0.29) is 36.3 Å². The highest BCUT2D eigenvalue weighted by Gasteiger charge is 2.23. The fraction of sp³-hybridized carbons (Fsp3) is 0.867. The van der Waals surface area contributed by atoms with Crippen molar-refractivity contribution in [1.82, 2.24) is 0 Å². The molecule has 0 aromatic heterocycles. The molecule has 0 fully saturated rings. The Morgan fingerprint density at radius 2 is 1.63 bits per heavy atom. The van der Waals surface area contributed by atoms with Gasteiger partial charge in [-0.1, -0.05) is 34.1 Å². The molecule has 0 N–H and O–H groups in total. The number of hydrogen-bond acceptors (Lipinski definition) is 4. The standard InChI is InChI=1S/C15H28O4/c1-6-7-11-18-13(16)9-8-10-14(17)19-12(2)15(3,4)5/h12H,6-11H2,1-5H3. The van der Waals surface area contributed by atoms with Crippen LogP contribution in [0.1, 0.15) is 66.7 Å². The van der Waals surface area contributed by atoms with Crippen LogP contribution in [0, 0.1) is 5.41 Å². The number of unbranched alkanes of at least 4 members (excludes halogenated alkanes) is 1. The zero-order valence-electron chi connectivity index (χ0n) is 13.0. The molecule has 1 atom stereocenters. The van der Waals surface area contributed by atoms with E-state index in [2.05, 4.69) is 0 Å². The Bertz CT molecular complexity index is 278. The number of ether oxygens (including phenoxy) is 2. The molecule has 0 aliphatic carbocycles. The predicted molar refractivity (Wildman–Crippen MR) is 74.7 cm³/mol. The Morgan fingerprint density at radius 1 is 1.05 bits per heavy atom. The molecule has 0 bridgehead atoms. The molecule has 0 radical (unpaired) electrons. The topological polar surface area (TPSA) is 52.6 Å². The largest absolute Gasteiger partial charge is 0.466 e. The fourth-order valence-corrected chi connectivity index (χ4v) is 1.21. The van der Waals surface area contributed by atoms with Gasteiger partial charge in [0.25, 0.3) is 0 Å². The first-order valence-electron chi connectivity index (χ1n) is 7.12. The van der Waals surface area contributed by atoms with Gasteiger partial charge in [0.05, 0.1) is 6.61 Å². The summed E-state index contributed by atoms with van der Waals surface area (Å²) in [7, 11) is 0. The van der Waals surface area contributed by atoms with Gasteiger partial charge in [0.15, 0.2) is 0 Å². The third-order valence-electron chi connectivity index (χ3n) is 3.05. The van der Waals surface area contributed by atoms with Gasteiger partial charge in [0.1, 0.15) is 6.10 Å². The van der Waals surface area contributed by atoms with Crippen molar-refractivity contribution in [2.75, 3.05) is 6.61 Å². The lowest BCUT2D eigenvalue weighted by atomic mass is 9.90. The monoisotopic (exact) mass is 272 g/mol.